The highest BCUT2D eigenvalue weighted by molar-refractivity contribution is 5.98. The van der Waals surface area contributed by atoms with E-state index >= 15 is 0 Å². The Kier molecular flexibility index (Phi) is 28.5. The Morgan fingerprint density at radius 3 is 1.35 bits per heavy atom. The zero-order valence-corrected chi connectivity index (χ0v) is 43.2. The number of aromatic hydroxyl groups is 1. The van der Waals surface area contributed by atoms with Crippen molar-refractivity contribution in [3.63, 3.8) is 0 Å². The second-order valence-corrected chi connectivity index (χ2v) is 18.9. The number of benzene rings is 1. The summed E-state index contributed by atoms with van der Waals surface area (Å²) in [5.74, 6) is -12.4. The summed E-state index contributed by atoms with van der Waals surface area (Å²) in [4.78, 5) is 147. The van der Waals surface area contributed by atoms with Crippen LogP contribution in [0.2, 0.25) is 0 Å². The van der Waals surface area contributed by atoms with Crippen LogP contribution in [0.5, 0.6) is 5.75 Å². The lowest BCUT2D eigenvalue weighted by Gasteiger charge is -2.30. The van der Waals surface area contributed by atoms with E-state index in [1.165, 1.54) is 31.2 Å². The molecule has 0 radical (unpaired) electrons. The summed E-state index contributed by atoms with van der Waals surface area (Å²) in [6.07, 6.45) is -3.13. The van der Waals surface area contributed by atoms with E-state index < -0.39 is 158 Å². The molecular weight excluding hydrogens is 971 g/mol. The lowest BCUT2D eigenvalue weighted by atomic mass is 9.96. The van der Waals surface area contributed by atoms with Gasteiger partial charge in [0, 0.05) is 19.3 Å². The van der Waals surface area contributed by atoms with Crippen molar-refractivity contribution in [2.45, 2.75) is 167 Å². The Morgan fingerprint density at radius 2 is 0.946 bits per heavy atom. The van der Waals surface area contributed by atoms with Gasteiger partial charge in [-0.3, -0.25) is 69.2 Å². The largest absolute Gasteiger partial charge is 0.508 e. The summed E-state index contributed by atoms with van der Waals surface area (Å²) < 4.78 is 0. The van der Waals surface area contributed by atoms with Crippen LogP contribution in [-0.4, -0.2) is 146 Å². The number of rotatable bonds is 35. The molecule has 74 heavy (non-hydrogen) atoms. The van der Waals surface area contributed by atoms with Crippen LogP contribution in [0.4, 0.5) is 0 Å². The molecule has 0 fully saturated rings. The number of nitrogens with one attached hydrogen (secondary N) is 8. The maximum atomic E-state index is 14.2. The van der Waals surface area contributed by atoms with E-state index in [0.29, 0.717) is 12.0 Å². The smallest absolute Gasteiger partial charge is 0.338 e. The summed E-state index contributed by atoms with van der Waals surface area (Å²) in [7, 11) is 0. The van der Waals surface area contributed by atoms with Crippen LogP contribution in [-0.2, 0) is 59.2 Å². The molecule has 1 aromatic rings. The number of guanidine groups is 1. The summed E-state index contributed by atoms with van der Waals surface area (Å²) >= 11 is 0. The summed E-state index contributed by atoms with van der Waals surface area (Å²) in [6.45, 7) is 11.9. The molecule has 1 aromatic carbocycles. The van der Waals surface area contributed by atoms with Crippen molar-refractivity contribution in [3.8, 4) is 5.75 Å². The number of hydrogen-bond donors (Lipinski definition) is 15. The second kappa shape index (κ2) is 32.6. The molecule has 26 heteroatoms. The number of carbonyl (C=O) groups is 11. The first-order valence-electron chi connectivity index (χ1n) is 24.5. The lowest BCUT2D eigenvalue weighted by Crippen LogP contribution is -2.78. The molecule has 0 heterocycles. The average Bonchev–Trinajstić information content (AvgIpc) is 3.31. The Balaban J connectivity index is 3.54. The summed E-state index contributed by atoms with van der Waals surface area (Å²) in [5, 5.41) is 55.6. The zero-order valence-electron chi connectivity index (χ0n) is 43.2. The molecule has 26 nitrogen and oxygen atoms in total. The number of carboxylic acids is 3. The van der Waals surface area contributed by atoms with Gasteiger partial charge in [0.15, 0.2) is 5.78 Å². The van der Waals surface area contributed by atoms with Gasteiger partial charge < -0.3 is 63.4 Å². The number of carboxylic acid groups (broad SMARTS) is 3. The molecule has 0 aliphatic rings. The molecule has 0 saturated heterocycles. The monoisotopic (exact) mass is 1050 g/mol. The standard InChI is InChI=1S/C48H77N11O15/c1-8-26(6)40(47(74)56-31(10-9-21-52-48(50)51)44(71)58-39(25(4)5)46(73)57-35(27(7)60)22-24(2)3)59-45(72)34(17-20-38(66)67)55-43(70)33(16-19-37(64)65)54-42(69)32(15-18-36(62)63)53-41(68)30(49)23-28-11-13-29(61)14-12-28/h11-14,24-26,30-35,39-40,61H,8-10,15-23,49H2,1-7H3,(H,53,68)(H,54,69)(H,55,70)(H,56,74)(H,57,73)(H,58,71)(H,59,72)(H,62,63)(H,64,65)(H,66,67)(H4,50,51,52)/p+1. The Bertz CT molecular complexity index is 2130. The molecule has 1 rings (SSSR count). The van der Waals surface area contributed by atoms with Crippen LogP contribution in [0.3, 0.4) is 0 Å². The number of ketones is 1. The van der Waals surface area contributed by atoms with Gasteiger partial charge in [-0.25, -0.2) is 0 Å². The SMILES string of the molecule is CCC(C)C(NC(=O)C(CCC(=O)O)NC(=O)C(CCC(=O)O)NC(=O)C(CCC(=O)O)NC(=O)C(N)Cc1ccc(O)cc1)C(=O)NC(CCC[NH+]=C(N)N)C(=O)NC(C(=O)NC(CC(C)C)C(C)=O)C(C)C. The average molecular weight is 1050 g/mol. The van der Waals surface area contributed by atoms with Crippen molar-refractivity contribution in [2.24, 2.45) is 35.0 Å². The number of amides is 7. The fourth-order valence-electron chi connectivity index (χ4n) is 7.29. The maximum Gasteiger partial charge on any atom is 0.338 e. The van der Waals surface area contributed by atoms with E-state index in [2.05, 4.69) is 42.2 Å². The van der Waals surface area contributed by atoms with Gasteiger partial charge in [-0.15, -0.1) is 0 Å². The van der Waals surface area contributed by atoms with E-state index in [1.807, 2.05) is 13.8 Å². The van der Waals surface area contributed by atoms with E-state index in [1.54, 1.807) is 27.7 Å². The topological polar surface area (TPSA) is 445 Å². The molecule has 0 aliphatic carbocycles. The van der Waals surface area contributed by atoms with Crippen molar-refractivity contribution in [3.05, 3.63) is 29.8 Å². The van der Waals surface area contributed by atoms with E-state index in [9.17, 15) is 73.2 Å². The van der Waals surface area contributed by atoms with Crippen LogP contribution in [0.15, 0.2) is 24.3 Å². The molecule has 0 saturated carbocycles. The van der Waals surface area contributed by atoms with Crippen LogP contribution in [0, 0.1) is 17.8 Å². The van der Waals surface area contributed by atoms with E-state index in [0.717, 1.165) is 0 Å². The molecule has 0 aromatic heterocycles. The normalized spacial score (nSPS) is 14.7. The number of aliphatic carboxylic acids is 3. The van der Waals surface area contributed by atoms with Gasteiger partial charge in [0.2, 0.25) is 41.4 Å². The molecular formula is C48H78N11O15+. The number of phenols is 1. The van der Waals surface area contributed by atoms with Gasteiger partial charge in [-0.2, -0.15) is 0 Å². The Labute approximate surface area is 429 Å². The molecule has 0 bridgehead atoms. The van der Waals surface area contributed by atoms with Crippen LogP contribution in [0.1, 0.15) is 118 Å². The highest BCUT2D eigenvalue weighted by atomic mass is 16.4. The van der Waals surface area contributed by atoms with Crippen LogP contribution < -0.4 is 59.4 Å². The minimum absolute atomic E-state index is 0.0447. The third kappa shape index (κ3) is 24.8. The lowest BCUT2D eigenvalue weighted by molar-refractivity contribution is -0.459. The first-order chi connectivity index (χ1) is 34.6. The molecule has 414 valence electrons. The fourth-order valence-corrected chi connectivity index (χ4v) is 7.29. The molecule has 18 N–H and O–H groups in total. The van der Waals surface area contributed by atoms with Crippen molar-refractivity contribution in [1.29, 1.82) is 0 Å². The van der Waals surface area contributed by atoms with Gasteiger partial charge in [0.1, 0.15) is 42.0 Å². The highest BCUT2D eigenvalue weighted by Gasteiger charge is 2.36. The number of hydrogen-bond acceptors (Lipinski definition) is 13. The quantitative estimate of drug-likeness (QED) is 0.0180. The zero-order chi connectivity index (χ0) is 56.4. The van der Waals surface area contributed by atoms with Crippen molar-refractivity contribution in [1.82, 2.24) is 37.2 Å². The van der Waals surface area contributed by atoms with Crippen LogP contribution in [0.25, 0.3) is 0 Å². The third-order valence-corrected chi connectivity index (χ3v) is 11.8. The number of phenolic OH excluding ortho intramolecular Hbond substituents is 1. The van der Waals surface area contributed by atoms with Gasteiger partial charge in [0.05, 0.1) is 18.6 Å². The number of carbonyl (C=O) groups excluding carboxylic acids is 8. The fraction of sp³-hybridized carbons (Fsp3) is 0.625. The van der Waals surface area contributed by atoms with Crippen LogP contribution >= 0.6 is 0 Å². The number of Topliss-reactive ketones (excluding diaryl/α,β-unsaturated/α-hetero) is 1. The van der Waals surface area contributed by atoms with Gasteiger partial charge in [-0.05, 0) is 87.3 Å². The van der Waals surface area contributed by atoms with Gasteiger partial charge in [-0.1, -0.05) is 60.1 Å². The van der Waals surface area contributed by atoms with Gasteiger partial charge in [0.25, 0.3) is 0 Å². The Morgan fingerprint density at radius 1 is 0.554 bits per heavy atom. The first-order valence-corrected chi connectivity index (χ1v) is 24.5. The minimum Gasteiger partial charge on any atom is -0.508 e. The molecule has 0 aliphatic heterocycles. The number of nitrogens with two attached hydrogens (primary N) is 3. The molecule has 9 atom stereocenters. The molecule has 9 unspecified atom stereocenters. The van der Waals surface area contributed by atoms with Crippen molar-refractivity contribution < 1.29 is 78.2 Å². The van der Waals surface area contributed by atoms with Crippen molar-refractivity contribution >= 4 is 71.0 Å². The first kappa shape index (κ1) is 64.6. The maximum absolute atomic E-state index is 14.2. The predicted molar refractivity (Wildman–Crippen MR) is 267 cm³/mol. The minimum atomic E-state index is -1.77. The predicted octanol–water partition coefficient (Wildman–Crippen LogP) is -3.28. The van der Waals surface area contributed by atoms with E-state index in [-0.39, 0.29) is 55.6 Å². The molecule has 0 spiro atoms. The summed E-state index contributed by atoms with van der Waals surface area (Å²) in [5.41, 5.74) is 17.7. The van der Waals surface area contributed by atoms with Gasteiger partial charge >= 0.3 is 23.9 Å². The van der Waals surface area contributed by atoms with E-state index in [4.69, 9.17) is 17.2 Å². The third-order valence-electron chi connectivity index (χ3n) is 11.8. The summed E-state index contributed by atoms with van der Waals surface area (Å²) in [6, 6.07) is -5.49. The molecule has 7 amide bonds. The second-order valence-electron chi connectivity index (χ2n) is 18.9. The Hall–Kier alpha value is -7.38. The highest BCUT2D eigenvalue weighted by Crippen LogP contribution is 2.15. The van der Waals surface area contributed by atoms with Crippen molar-refractivity contribution in [2.75, 3.05) is 6.54 Å².